The predicted molar refractivity (Wildman–Crippen MR) is 124 cm³/mol. The first-order chi connectivity index (χ1) is 13.9. The summed E-state index contributed by atoms with van der Waals surface area (Å²) in [6.07, 6.45) is 0. The molecule has 0 spiro atoms. The van der Waals surface area contributed by atoms with E-state index in [2.05, 4.69) is 22.3 Å². The maximum absolute atomic E-state index is 13.0. The molecular formula is C21H27N3O2S3. The average molecular weight is 450 g/mol. The number of thioether (sulfide) groups is 1. The first-order valence-corrected chi connectivity index (χ1v) is 12.5. The number of piperazine rings is 1. The Morgan fingerprint density at radius 2 is 1.76 bits per heavy atom. The van der Waals surface area contributed by atoms with Crippen LogP contribution in [0.3, 0.4) is 0 Å². The Hall–Kier alpha value is -1.61. The second kappa shape index (κ2) is 9.93. The van der Waals surface area contributed by atoms with Crippen molar-refractivity contribution in [2.75, 3.05) is 38.5 Å². The van der Waals surface area contributed by atoms with Crippen LogP contribution in [0.25, 0.3) is 0 Å². The number of aryl methyl sites for hydroxylation is 2. The van der Waals surface area contributed by atoms with Crippen molar-refractivity contribution in [3.63, 3.8) is 0 Å². The first kappa shape index (κ1) is 22.1. The lowest BCUT2D eigenvalue weighted by Gasteiger charge is -2.35. The van der Waals surface area contributed by atoms with Gasteiger partial charge in [0.1, 0.15) is 0 Å². The molecule has 1 aliphatic rings. The molecule has 5 nitrogen and oxygen atoms in total. The van der Waals surface area contributed by atoms with Crippen molar-refractivity contribution < 1.29 is 8.42 Å². The van der Waals surface area contributed by atoms with Gasteiger partial charge in [0.05, 0.1) is 4.90 Å². The summed E-state index contributed by atoms with van der Waals surface area (Å²) < 4.78 is 27.6. The van der Waals surface area contributed by atoms with Crippen LogP contribution in [0, 0.1) is 13.8 Å². The van der Waals surface area contributed by atoms with Gasteiger partial charge in [-0.15, -0.1) is 11.8 Å². The molecule has 8 heteroatoms. The molecule has 1 aliphatic heterocycles. The third-order valence-electron chi connectivity index (χ3n) is 4.88. The maximum Gasteiger partial charge on any atom is 0.243 e. The van der Waals surface area contributed by atoms with E-state index in [1.165, 1.54) is 4.90 Å². The summed E-state index contributed by atoms with van der Waals surface area (Å²) in [5.74, 6) is 0.922. The van der Waals surface area contributed by atoms with Crippen molar-refractivity contribution >= 4 is 39.1 Å². The molecule has 1 N–H and O–H groups in total. The lowest BCUT2D eigenvalue weighted by Crippen LogP contribution is -2.53. The van der Waals surface area contributed by atoms with Gasteiger partial charge in [-0.2, -0.15) is 4.31 Å². The zero-order chi connectivity index (χ0) is 20.9. The lowest BCUT2D eigenvalue weighted by molar-refractivity contribution is 0.264. The third kappa shape index (κ3) is 5.72. The smallest absolute Gasteiger partial charge is 0.243 e. The van der Waals surface area contributed by atoms with Gasteiger partial charge in [-0.1, -0.05) is 30.3 Å². The van der Waals surface area contributed by atoms with E-state index in [9.17, 15) is 8.42 Å². The highest BCUT2D eigenvalue weighted by Gasteiger charge is 2.30. The standard InChI is InChI=1S/C21H27N3O2S3/c1-17-8-9-18(2)20(16-17)29(25,26)24-13-11-23(12-14-24)21(27)22-10-15-28-19-6-4-3-5-7-19/h3-9,16H,10-15H2,1-2H3,(H,22,27). The molecule has 1 fully saturated rings. The summed E-state index contributed by atoms with van der Waals surface area (Å²) in [5.41, 5.74) is 1.73. The van der Waals surface area contributed by atoms with Crippen LogP contribution in [0.4, 0.5) is 0 Å². The molecule has 0 bridgehead atoms. The van der Waals surface area contributed by atoms with Crippen molar-refractivity contribution in [3.05, 3.63) is 59.7 Å². The van der Waals surface area contributed by atoms with Gasteiger partial charge in [0.25, 0.3) is 0 Å². The van der Waals surface area contributed by atoms with Gasteiger partial charge in [0, 0.05) is 43.4 Å². The Morgan fingerprint density at radius 1 is 1.07 bits per heavy atom. The summed E-state index contributed by atoms with van der Waals surface area (Å²) in [4.78, 5) is 3.70. The lowest BCUT2D eigenvalue weighted by atomic mass is 10.2. The molecule has 0 saturated carbocycles. The Bertz CT molecular complexity index is 941. The van der Waals surface area contributed by atoms with Crippen LogP contribution in [-0.2, 0) is 10.0 Å². The van der Waals surface area contributed by atoms with Gasteiger partial charge in [0.2, 0.25) is 10.0 Å². The maximum atomic E-state index is 13.0. The Kier molecular flexibility index (Phi) is 7.56. The van der Waals surface area contributed by atoms with Crippen LogP contribution < -0.4 is 5.32 Å². The van der Waals surface area contributed by atoms with Gasteiger partial charge in [-0.25, -0.2) is 8.42 Å². The third-order valence-corrected chi connectivity index (χ3v) is 8.33. The van der Waals surface area contributed by atoms with Gasteiger partial charge in [-0.05, 0) is 55.4 Å². The second-order valence-corrected chi connectivity index (χ2v) is 10.5. The van der Waals surface area contributed by atoms with E-state index < -0.39 is 10.0 Å². The molecule has 0 amide bonds. The van der Waals surface area contributed by atoms with Crippen molar-refractivity contribution in [1.82, 2.24) is 14.5 Å². The molecule has 2 aromatic carbocycles. The topological polar surface area (TPSA) is 52.7 Å². The highest BCUT2D eigenvalue weighted by Crippen LogP contribution is 2.22. The number of hydrogen-bond donors (Lipinski definition) is 1. The minimum atomic E-state index is -3.48. The van der Waals surface area contributed by atoms with Crippen molar-refractivity contribution in [2.45, 2.75) is 23.6 Å². The summed E-state index contributed by atoms with van der Waals surface area (Å²) >= 11 is 7.29. The fourth-order valence-corrected chi connectivity index (χ4v) is 6.02. The zero-order valence-electron chi connectivity index (χ0n) is 16.8. The number of sulfonamides is 1. The fourth-order valence-electron chi connectivity index (χ4n) is 3.21. The minimum absolute atomic E-state index is 0.407. The molecule has 0 radical (unpaired) electrons. The van der Waals surface area contributed by atoms with Crippen LogP contribution in [0.5, 0.6) is 0 Å². The molecule has 0 aromatic heterocycles. The van der Waals surface area contributed by atoms with Crippen molar-refractivity contribution in [3.8, 4) is 0 Å². The van der Waals surface area contributed by atoms with Crippen molar-refractivity contribution in [2.24, 2.45) is 0 Å². The number of rotatable bonds is 6. The Morgan fingerprint density at radius 3 is 2.45 bits per heavy atom. The normalized spacial score (nSPS) is 15.3. The molecule has 3 rings (SSSR count). The Balaban J connectivity index is 1.48. The molecule has 2 aromatic rings. The van der Waals surface area contributed by atoms with Crippen molar-refractivity contribution in [1.29, 1.82) is 0 Å². The zero-order valence-corrected chi connectivity index (χ0v) is 19.2. The van der Waals surface area contributed by atoms with E-state index in [1.54, 1.807) is 22.1 Å². The fraction of sp³-hybridized carbons (Fsp3) is 0.381. The summed E-state index contributed by atoms with van der Waals surface area (Å²) in [7, 11) is -3.48. The number of nitrogens with one attached hydrogen (secondary N) is 1. The molecular weight excluding hydrogens is 422 g/mol. The van der Waals surface area contributed by atoms with E-state index in [1.807, 2.05) is 44.2 Å². The summed E-state index contributed by atoms with van der Waals surface area (Å²) in [6, 6.07) is 15.8. The highest BCUT2D eigenvalue weighted by molar-refractivity contribution is 7.99. The van der Waals surface area contributed by atoms with Crippen LogP contribution in [0.1, 0.15) is 11.1 Å². The van der Waals surface area contributed by atoms with Crippen LogP contribution in [0.15, 0.2) is 58.3 Å². The van der Waals surface area contributed by atoms with E-state index in [0.717, 1.165) is 23.4 Å². The van der Waals surface area contributed by atoms with Crippen LogP contribution in [0.2, 0.25) is 0 Å². The van der Waals surface area contributed by atoms with Gasteiger partial charge < -0.3 is 10.2 Å². The highest BCUT2D eigenvalue weighted by atomic mass is 32.2. The molecule has 0 atom stereocenters. The molecule has 29 heavy (non-hydrogen) atoms. The van der Waals surface area contributed by atoms with Gasteiger partial charge in [0.15, 0.2) is 5.11 Å². The number of benzene rings is 2. The largest absolute Gasteiger partial charge is 0.362 e. The minimum Gasteiger partial charge on any atom is -0.362 e. The number of hydrogen-bond acceptors (Lipinski definition) is 4. The molecule has 1 heterocycles. The molecule has 1 saturated heterocycles. The van der Waals surface area contributed by atoms with Crippen LogP contribution >= 0.6 is 24.0 Å². The number of thiocarbonyl (C=S) groups is 1. The van der Waals surface area contributed by atoms with E-state index in [0.29, 0.717) is 36.2 Å². The van der Waals surface area contributed by atoms with E-state index in [-0.39, 0.29) is 0 Å². The second-order valence-electron chi connectivity index (χ2n) is 7.05. The first-order valence-electron chi connectivity index (χ1n) is 9.66. The SMILES string of the molecule is Cc1ccc(C)c(S(=O)(=O)N2CCN(C(=S)NCCSc3ccccc3)CC2)c1. The summed E-state index contributed by atoms with van der Waals surface area (Å²) in [6.45, 7) is 6.61. The monoisotopic (exact) mass is 449 g/mol. The molecule has 156 valence electrons. The van der Waals surface area contributed by atoms with Crippen LogP contribution in [-0.4, -0.2) is 61.2 Å². The molecule has 0 unspecified atom stereocenters. The van der Waals surface area contributed by atoms with Gasteiger partial charge >= 0.3 is 0 Å². The molecule has 0 aliphatic carbocycles. The number of nitrogens with zero attached hydrogens (tertiary/aromatic N) is 2. The van der Waals surface area contributed by atoms with Gasteiger partial charge in [-0.3, -0.25) is 0 Å². The average Bonchev–Trinajstić information content (AvgIpc) is 2.73. The Labute approximate surface area is 183 Å². The quantitative estimate of drug-likeness (QED) is 0.415. The van der Waals surface area contributed by atoms with E-state index >= 15 is 0 Å². The summed E-state index contributed by atoms with van der Waals surface area (Å²) in [5, 5.41) is 3.99. The predicted octanol–water partition coefficient (Wildman–Crippen LogP) is 3.28. The van der Waals surface area contributed by atoms with E-state index in [4.69, 9.17) is 12.2 Å².